The van der Waals surface area contributed by atoms with E-state index in [1.165, 1.54) is 19.8 Å². The molecule has 24 heavy (non-hydrogen) atoms. The third-order valence-corrected chi connectivity index (χ3v) is 4.42. The molecule has 1 atom stereocenters. The van der Waals surface area contributed by atoms with Crippen molar-refractivity contribution >= 4 is 16.8 Å². The molecule has 0 N–H and O–H groups in total. The number of hydrogen-bond donors (Lipinski definition) is 0. The third-order valence-electron chi connectivity index (χ3n) is 4.42. The SMILES string of the molecule is CCCCCCc1c(C)c2ccc(OC(C)C(C)=O)cc2oc1=O. The number of benzene rings is 1. The monoisotopic (exact) mass is 330 g/mol. The Balaban J connectivity index is 2.29. The van der Waals surface area contributed by atoms with E-state index in [4.69, 9.17) is 9.15 Å². The van der Waals surface area contributed by atoms with Crippen molar-refractivity contribution < 1.29 is 13.9 Å². The van der Waals surface area contributed by atoms with Crippen molar-refractivity contribution in [2.45, 2.75) is 65.9 Å². The largest absolute Gasteiger partial charge is 0.483 e. The van der Waals surface area contributed by atoms with Crippen LogP contribution in [-0.4, -0.2) is 11.9 Å². The fraction of sp³-hybridized carbons (Fsp3) is 0.500. The number of unbranched alkanes of at least 4 members (excludes halogenated alkanes) is 3. The smallest absolute Gasteiger partial charge is 0.339 e. The Morgan fingerprint density at radius 3 is 2.67 bits per heavy atom. The maximum Gasteiger partial charge on any atom is 0.339 e. The highest BCUT2D eigenvalue weighted by Crippen LogP contribution is 2.25. The minimum absolute atomic E-state index is 0.0462. The van der Waals surface area contributed by atoms with Gasteiger partial charge in [-0.05, 0) is 51.3 Å². The lowest BCUT2D eigenvalue weighted by atomic mass is 10.0. The second kappa shape index (κ2) is 8.13. The molecule has 0 aliphatic carbocycles. The number of hydrogen-bond acceptors (Lipinski definition) is 4. The third kappa shape index (κ3) is 4.25. The van der Waals surface area contributed by atoms with Crippen molar-refractivity contribution in [2.24, 2.45) is 0 Å². The van der Waals surface area contributed by atoms with Gasteiger partial charge in [-0.1, -0.05) is 26.2 Å². The summed E-state index contributed by atoms with van der Waals surface area (Å²) in [5, 5.41) is 0.919. The summed E-state index contributed by atoms with van der Waals surface area (Å²) in [5.41, 5.74) is 1.98. The minimum Gasteiger partial charge on any atom is -0.483 e. The van der Waals surface area contributed by atoms with Gasteiger partial charge in [0.1, 0.15) is 11.3 Å². The van der Waals surface area contributed by atoms with Crippen molar-refractivity contribution in [3.63, 3.8) is 0 Å². The fourth-order valence-electron chi connectivity index (χ4n) is 2.75. The van der Waals surface area contributed by atoms with E-state index in [0.29, 0.717) is 11.3 Å². The number of ether oxygens (including phenoxy) is 1. The molecule has 4 nitrogen and oxygen atoms in total. The molecule has 0 aliphatic rings. The lowest BCUT2D eigenvalue weighted by molar-refractivity contribution is -0.122. The zero-order chi connectivity index (χ0) is 17.7. The molecular weight excluding hydrogens is 304 g/mol. The summed E-state index contributed by atoms with van der Waals surface area (Å²) >= 11 is 0. The van der Waals surface area contributed by atoms with Crippen LogP contribution in [0.5, 0.6) is 5.75 Å². The first-order valence-electron chi connectivity index (χ1n) is 8.67. The lowest BCUT2D eigenvalue weighted by Gasteiger charge is -2.13. The van der Waals surface area contributed by atoms with Gasteiger partial charge < -0.3 is 9.15 Å². The lowest BCUT2D eigenvalue weighted by Crippen LogP contribution is -2.20. The van der Waals surface area contributed by atoms with Crippen molar-refractivity contribution in [2.75, 3.05) is 0 Å². The van der Waals surface area contributed by atoms with Crippen molar-refractivity contribution in [1.82, 2.24) is 0 Å². The van der Waals surface area contributed by atoms with E-state index in [1.807, 2.05) is 19.1 Å². The highest BCUT2D eigenvalue weighted by Gasteiger charge is 2.14. The molecule has 1 aromatic heterocycles. The Morgan fingerprint density at radius 1 is 1.25 bits per heavy atom. The van der Waals surface area contributed by atoms with Crippen molar-refractivity contribution in [1.29, 1.82) is 0 Å². The molecule has 0 bridgehead atoms. The van der Waals surface area contributed by atoms with Crippen molar-refractivity contribution in [3.05, 3.63) is 39.7 Å². The van der Waals surface area contributed by atoms with E-state index < -0.39 is 6.10 Å². The van der Waals surface area contributed by atoms with Gasteiger partial charge in [-0.3, -0.25) is 4.79 Å². The second-order valence-corrected chi connectivity index (χ2v) is 6.33. The zero-order valence-electron chi connectivity index (χ0n) is 15.0. The van der Waals surface area contributed by atoms with Crippen LogP contribution in [0.4, 0.5) is 0 Å². The second-order valence-electron chi connectivity index (χ2n) is 6.33. The Hall–Kier alpha value is -2.10. The van der Waals surface area contributed by atoms with Gasteiger partial charge in [0.25, 0.3) is 0 Å². The van der Waals surface area contributed by atoms with Gasteiger partial charge in [0.05, 0.1) is 0 Å². The van der Waals surface area contributed by atoms with E-state index in [1.54, 1.807) is 13.0 Å². The number of aryl methyl sites for hydroxylation is 1. The first-order chi connectivity index (χ1) is 11.4. The van der Waals surface area contributed by atoms with Gasteiger partial charge >= 0.3 is 5.63 Å². The predicted molar refractivity (Wildman–Crippen MR) is 95.8 cm³/mol. The van der Waals surface area contributed by atoms with Gasteiger partial charge in [0.2, 0.25) is 0 Å². The highest BCUT2D eigenvalue weighted by molar-refractivity contribution is 5.83. The number of rotatable bonds is 8. The molecule has 0 aliphatic heterocycles. The Bertz CT molecular complexity index is 773. The topological polar surface area (TPSA) is 56.5 Å². The molecule has 1 aromatic carbocycles. The number of carbonyl (C=O) groups is 1. The van der Waals surface area contributed by atoms with Crippen LogP contribution < -0.4 is 10.4 Å². The first kappa shape index (κ1) is 18.2. The van der Waals surface area contributed by atoms with Crippen LogP contribution in [0.15, 0.2) is 27.4 Å². The van der Waals surface area contributed by atoms with Crippen molar-refractivity contribution in [3.8, 4) is 5.75 Å². The molecule has 2 aromatic rings. The van der Waals surface area contributed by atoms with Crippen LogP contribution in [0.3, 0.4) is 0 Å². The fourth-order valence-corrected chi connectivity index (χ4v) is 2.75. The van der Waals surface area contributed by atoms with Gasteiger partial charge in [-0.25, -0.2) is 4.79 Å². The van der Waals surface area contributed by atoms with Crippen LogP contribution in [0.25, 0.3) is 11.0 Å². The predicted octanol–water partition coefficient (Wildman–Crippen LogP) is 4.58. The normalized spacial score (nSPS) is 12.3. The number of ketones is 1. The molecule has 0 saturated heterocycles. The maximum absolute atomic E-state index is 12.3. The maximum atomic E-state index is 12.3. The molecule has 130 valence electrons. The molecule has 0 radical (unpaired) electrons. The number of fused-ring (bicyclic) bond motifs is 1. The van der Waals surface area contributed by atoms with Gasteiger partial charge in [-0.15, -0.1) is 0 Å². The summed E-state index contributed by atoms with van der Waals surface area (Å²) in [4.78, 5) is 23.6. The Labute approximate surface area is 142 Å². The molecule has 2 rings (SSSR count). The zero-order valence-corrected chi connectivity index (χ0v) is 15.0. The van der Waals surface area contributed by atoms with E-state index in [0.717, 1.165) is 35.8 Å². The van der Waals surface area contributed by atoms with E-state index in [2.05, 4.69) is 6.92 Å². The van der Waals surface area contributed by atoms with Gasteiger partial charge in [0.15, 0.2) is 11.9 Å². The van der Waals surface area contributed by atoms with Crippen LogP contribution in [0.2, 0.25) is 0 Å². The summed E-state index contributed by atoms with van der Waals surface area (Å²) in [6, 6.07) is 5.39. The highest BCUT2D eigenvalue weighted by atomic mass is 16.5. The van der Waals surface area contributed by atoms with Crippen LogP contribution in [-0.2, 0) is 11.2 Å². The quantitative estimate of drug-likeness (QED) is 0.525. The molecule has 0 spiro atoms. The first-order valence-corrected chi connectivity index (χ1v) is 8.67. The number of carbonyl (C=O) groups excluding carboxylic acids is 1. The molecule has 1 heterocycles. The molecular formula is C20H26O4. The standard InChI is InChI=1S/C20H26O4/c1-5-6-7-8-9-18-13(2)17-11-10-16(23-15(4)14(3)21)12-19(17)24-20(18)22/h10-12,15H,5-9H2,1-4H3. The molecule has 0 saturated carbocycles. The van der Waals surface area contributed by atoms with E-state index >= 15 is 0 Å². The molecule has 0 fully saturated rings. The minimum atomic E-state index is -0.520. The molecule has 1 unspecified atom stereocenters. The van der Waals surface area contributed by atoms with Gasteiger partial charge in [-0.2, -0.15) is 0 Å². The van der Waals surface area contributed by atoms with Gasteiger partial charge in [0, 0.05) is 17.0 Å². The summed E-state index contributed by atoms with van der Waals surface area (Å²) in [7, 11) is 0. The summed E-state index contributed by atoms with van der Waals surface area (Å²) in [6.45, 7) is 7.32. The van der Waals surface area contributed by atoms with E-state index in [9.17, 15) is 9.59 Å². The number of Topliss-reactive ketones (excluding diaryl/α,β-unsaturated/α-hetero) is 1. The molecule has 4 heteroatoms. The van der Waals surface area contributed by atoms with E-state index in [-0.39, 0.29) is 11.4 Å². The average molecular weight is 330 g/mol. The summed E-state index contributed by atoms with van der Waals surface area (Å²) < 4.78 is 11.1. The average Bonchev–Trinajstić information content (AvgIpc) is 2.53. The summed E-state index contributed by atoms with van der Waals surface area (Å²) in [5.74, 6) is 0.485. The Kier molecular flexibility index (Phi) is 6.18. The van der Waals surface area contributed by atoms with Crippen LogP contribution in [0, 0.1) is 6.92 Å². The Morgan fingerprint density at radius 2 is 2.00 bits per heavy atom. The van der Waals surface area contributed by atoms with Crippen LogP contribution >= 0.6 is 0 Å². The van der Waals surface area contributed by atoms with Crippen LogP contribution in [0.1, 0.15) is 57.6 Å². The summed E-state index contributed by atoms with van der Waals surface area (Å²) in [6.07, 6.45) is 4.72. The molecule has 0 amide bonds.